The maximum absolute atomic E-state index is 12.8. The third-order valence-corrected chi connectivity index (χ3v) is 4.76. The number of amidine groups is 1. The summed E-state index contributed by atoms with van der Waals surface area (Å²) in [6.07, 6.45) is 2.73. The molecule has 1 aromatic carbocycles. The second kappa shape index (κ2) is 8.24. The largest absolute Gasteiger partial charge is 0.384 e. The van der Waals surface area contributed by atoms with Crippen molar-refractivity contribution in [3.8, 4) is 0 Å². The van der Waals surface area contributed by atoms with E-state index in [0.29, 0.717) is 48.9 Å². The number of hydrogen-bond donors (Lipinski definition) is 4. The first-order valence-electron chi connectivity index (χ1n) is 9.42. The minimum atomic E-state index is -0.549. The number of carbonyl (C=O) groups is 1. The first kappa shape index (κ1) is 19.6. The fraction of sp³-hybridized carbons (Fsp3) is 0.400. The molecule has 1 aromatic heterocycles. The first-order valence-corrected chi connectivity index (χ1v) is 9.42. The molecule has 1 atom stereocenters. The zero-order valence-electron chi connectivity index (χ0n) is 16.2. The highest BCUT2D eigenvalue weighted by molar-refractivity contribution is 5.94. The van der Waals surface area contributed by atoms with E-state index in [1.54, 1.807) is 18.3 Å². The molecule has 0 spiro atoms. The fourth-order valence-corrected chi connectivity index (χ4v) is 3.20. The summed E-state index contributed by atoms with van der Waals surface area (Å²) in [6, 6.07) is 6.58. The van der Waals surface area contributed by atoms with Gasteiger partial charge in [0.05, 0.1) is 6.20 Å². The molecule has 5 N–H and O–H groups in total. The van der Waals surface area contributed by atoms with Gasteiger partial charge in [0, 0.05) is 25.1 Å². The number of nitrogen functional groups attached to an aromatic ring is 1. The van der Waals surface area contributed by atoms with Crippen molar-refractivity contribution in [2.45, 2.75) is 39.3 Å². The number of nitrogens with zero attached hydrogens (tertiary/aromatic N) is 2. The number of benzene rings is 1. The Labute approximate surface area is 163 Å². The lowest BCUT2D eigenvalue weighted by Crippen LogP contribution is -2.36. The summed E-state index contributed by atoms with van der Waals surface area (Å²) in [6.45, 7) is 5.13. The van der Waals surface area contributed by atoms with Crippen LogP contribution in [0, 0.1) is 11.3 Å². The summed E-state index contributed by atoms with van der Waals surface area (Å²) in [5, 5.41) is 13.4. The topological polar surface area (TPSA) is 126 Å². The molecule has 1 aliphatic heterocycles. The van der Waals surface area contributed by atoms with Gasteiger partial charge >= 0.3 is 0 Å². The van der Waals surface area contributed by atoms with Gasteiger partial charge < -0.3 is 16.4 Å². The zero-order chi connectivity index (χ0) is 20.3. The number of amides is 1. The number of fused-ring (bicyclic) bond motifs is 1. The Bertz CT molecular complexity index is 933. The summed E-state index contributed by atoms with van der Waals surface area (Å²) < 4.78 is 1.51. The van der Waals surface area contributed by atoms with E-state index in [1.807, 2.05) is 12.1 Å². The predicted molar refractivity (Wildman–Crippen MR) is 108 cm³/mol. The monoisotopic (exact) mass is 382 g/mol. The van der Waals surface area contributed by atoms with Crippen molar-refractivity contribution in [1.29, 1.82) is 5.41 Å². The summed E-state index contributed by atoms with van der Waals surface area (Å²) in [5.41, 5.74) is 7.21. The molecule has 1 amide bonds. The van der Waals surface area contributed by atoms with Crippen LogP contribution >= 0.6 is 0 Å². The van der Waals surface area contributed by atoms with Crippen LogP contribution in [0.1, 0.15) is 43.3 Å². The Morgan fingerprint density at radius 3 is 2.71 bits per heavy atom. The molecule has 0 saturated heterocycles. The van der Waals surface area contributed by atoms with Gasteiger partial charge in [-0.15, -0.1) is 0 Å². The van der Waals surface area contributed by atoms with Crippen LogP contribution in [-0.2, 0) is 17.8 Å². The normalized spacial score (nSPS) is 15.3. The summed E-state index contributed by atoms with van der Waals surface area (Å²) in [7, 11) is 0. The Balaban J connectivity index is 1.70. The molecule has 0 saturated carbocycles. The van der Waals surface area contributed by atoms with E-state index < -0.39 is 6.04 Å². The molecule has 2 heterocycles. The number of nitrogens with two attached hydrogens (primary N) is 1. The molecule has 0 aliphatic carbocycles. The van der Waals surface area contributed by atoms with Crippen molar-refractivity contribution in [1.82, 2.24) is 14.9 Å². The van der Waals surface area contributed by atoms with Crippen LogP contribution in [0.3, 0.4) is 0 Å². The Morgan fingerprint density at radius 2 is 2.07 bits per heavy atom. The van der Waals surface area contributed by atoms with Gasteiger partial charge in [-0.05, 0) is 17.9 Å². The van der Waals surface area contributed by atoms with Crippen molar-refractivity contribution < 1.29 is 4.79 Å². The van der Waals surface area contributed by atoms with Gasteiger partial charge in [0.2, 0.25) is 5.91 Å². The molecule has 0 radical (unpaired) electrons. The quantitative estimate of drug-likeness (QED) is 0.425. The summed E-state index contributed by atoms with van der Waals surface area (Å²) in [4.78, 5) is 29.9. The molecule has 0 fully saturated rings. The SMILES string of the molecule is CC(C)CNc1cnc2n(c1=O)[C@H](C(=O)NCc1ccc(C(=N)N)cc1)CC2. The number of anilines is 1. The van der Waals surface area contributed by atoms with Gasteiger partial charge in [-0.1, -0.05) is 38.1 Å². The van der Waals surface area contributed by atoms with Gasteiger partial charge in [0.1, 0.15) is 23.4 Å². The van der Waals surface area contributed by atoms with E-state index in [2.05, 4.69) is 29.5 Å². The number of hydrogen-bond acceptors (Lipinski definition) is 5. The fourth-order valence-electron chi connectivity index (χ4n) is 3.20. The summed E-state index contributed by atoms with van der Waals surface area (Å²) in [5.74, 6) is 0.850. The van der Waals surface area contributed by atoms with Gasteiger partial charge in [-0.25, -0.2) is 4.98 Å². The molecule has 8 nitrogen and oxygen atoms in total. The number of carbonyl (C=O) groups excluding carboxylic acids is 1. The van der Waals surface area contributed by atoms with Crippen molar-refractivity contribution in [2.24, 2.45) is 11.7 Å². The maximum Gasteiger partial charge on any atom is 0.277 e. The second-order valence-electron chi connectivity index (χ2n) is 7.42. The van der Waals surface area contributed by atoms with E-state index >= 15 is 0 Å². The smallest absolute Gasteiger partial charge is 0.277 e. The van der Waals surface area contributed by atoms with Crippen molar-refractivity contribution in [3.05, 3.63) is 57.8 Å². The van der Waals surface area contributed by atoms with Crippen LogP contribution in [-0.4, -0.2) is 27.8 Å². The van der Waals surface area contributed by atoms with Gasteiger partial charge in [0.25, 0.3) is 5.56 Å². The van der Waals surface area contributed by atoms with Crippen LogP contribution in [0.25, 0.3) is 0 Å². The summed E-state index contributed by atoms with van der Waals surface area (Å²) >= 11 is 0. The van der Waals surface area contributed by atoms with E-state index in [1.165, 1.54) is 4.57 Å². The molecule has 2 aromatic rings. The number of aromatic nitrogens is 2. The maximum atomic E-state index is 12.8. The van der Waals surface area contributed by atoms with Crippen molar-refractivity contribution >= 4 is 17.4 Å². The van der Waals surface area contributed by atoms with Crippen LogP contribution in [0.5, 0.6) is 0 Å². The van der Waals surface area contributed by atoms with Gasteiger partial charge in [-0.3, -0.25) is 19.6 Å². The minimum Gasteiger partial charge on any atom is -0.384 e. The van der Waals surface area contributed by atoms with E-state index in [9.17, 15) is 9.59 Å². The average molecular weight is 382 g/mol. The highest BCUT2D eigenvalue weighted by atomic mass is 16.2. The molecular formula is C20H26N6O2. The van der Waals surface area contributed by atoms with Crippen LogP contribution in [0.15, 0.2) is 35.3 Å². The third kappa shape index (κ3) is 4.21. The van der Waals surface area contributed by atoms with Crippen molar-refractivity contribution in [3.63, 3.8) is 0 Å². The van der Waals surface area contributed by atoms with Gasteiger partial charge in [-0.2, -0.15) is 0 Å². The number of rotatable bonds is 7. The molecule has 8 heteroatoms. The van der Waals surface area contributed by atoms with Crippen LogP contribution in [0.2, 0.25) is 0 Å². The van der Waals surface area contributed by atoms with Crippen LogP contribution in [0.4, 0.5) is 5.69 Å². The zero-order valence-corrected chi connectivity index (χ0v) is 16.2. The highest BCUT2D eigenvalue weighted by Gasteiger charge is 2.30. The Kier molecular flexibility index (Phi) is 5.77. The molecule has 28 heavy (non-hydrogen) atoms. The van der Waals surface area contributed by atoms with E-state index in [-0.39, 0.29) is 17.3 Å². The molecule has 1 aliphatic rings. The van der Waals surface area contributed by atoms with E-state index in [0.717, 1.165) is 5.56 Å². The van der Waals surface area contributed by atoms with E-state index in [4.69, 9.17) is 11.1 Å². The minimum absolute atomic E-state index is 0.00639. The molecule has 0 bridgehead atoms. The van der Waals surface area contributed by atoms with Crippen molar-refractivity contribution in [2.75, 3.05) is 11.9 Å². The highest BCUT2D eigenvalue weighted by Crippen LogP contribution is 2.23. The predicted octanol–water partition coefficient (Wildman–Crippen LogP) is 1.40. The molecule has 0 unspecified atom stereocenters. The van der Waals surface area contributed by atoms with Crippen LogP contribution < -0.4 is 21.9 Å². The molecular weight excluding hydrogens is 356 g/mol. The second-order valence-corrected chi connectivity index (χ2v) is 7.42. The average Bonchev–Trinajstić information content (AvgIpc) is 3.11. The molecule has 148 valence electrons. The lowest BCUT2D eigenvalue weighted by atomic mass is 10.1. The standard InChI is InChI=1S/C20H26N6O2/c1-12(2)9-23-15-11-24-17-8-7-16(26(17)20(15)28)19(27)25-10-13-3-5-14(6-4-13)18(21)22/h3-6,11-12,16,23H,7-10H2,1-2H3,(H3,21,22)(H,25,27)/t16-/m0/s1. The third-order valence-electron chi connectivity index (χ3n) is 4.76. The lowest BCUT2D eigenvalue weighted by Gasteiger charge is -2.16. The lowest BCUT2D eigenvalue weighted by molar-refractivity contribution is -0.124. The number of nitrogens with one attached hydrogen (secondary N) is 3. The number of aryl methyl sites for hydroxylation is 1. The Hall–Kier alpha value is -3.16. The first-order chi connectivity index (χ1) is 13.4. The molecule has 3 rings (SSSR count). The van der Waals surface area contributed by atoms with Gasteiger partial charge in [0.15, 0.2) is 0 Å². The Morgan fingerprint density at radius 1 is 1.36 bits per heavy atom.